The summed E-state index contributed by atoms with van der Waals surface area (Å²) in [6.07, 6.45) is 4.21. The average molecular weight is 476 g/mol. The Morgan fingerprint density at radius 1 is 1.06 bits per heavy atom. The number of phenolic OH excluding ortho intramolecular Hbond substituents is 1. The standard InChI is InChI=1S/C30H37NO4/c1-18(32)30(35-19(2)33)15-14-27-25-12-8-21-16-23(34)11-13-24(21)28(25)26(17-29(27,30)3)20-6-9-22(10-7-20)31(4)5/h6-7,9-11,13,16,25-28,34H,8,12,14-15,17H2,1-5H3/t25-,26+,27-,28+,29-,30-/m0/s1. The topological polar surface area (TPSA) is 66.8 Å². The number of anilines is 1. The van der Waals surface area contributed by atoms with E-state index in [0.717, 1.165) is 31.4 Å². The lowest BCUT2D eigenvalue weighted by Gasteiger charge is -2.56. The fourth-order valence-corrected chi connectivity index (χ4v) is 8.09. The van der Waals surface area contributed by atoms with Crippen LogP contribution in [0.3, 0.4) is 0 Å². The van der Waals surface area contributed by atoms with Gasteiger partial charge in [-0.3, -0.25) is 9.59 Å². The smallest absolute Gasteiger partial charge is 0.303 e. The molecule has 0 unspecified atom stereocenters. The van der Waals surface area contributed by atoms with Crippen LogP contribution in [0.15, 0.2) is 42.5 Å². The van der Waals surface area contributed by atoms with Crippen molar-refractivity contribution in [2.75, 3.05) is 19.0 Å². The lowest BCUT2D eigenvalue weighted by Crippen LogP contribution is -2.57. The minimum absolute atomic E-state index is 0.0287. The Balaban J connectivity index is 1.66. The van der Waals surface area contributed by atoms with E-state index >= 15 is 0 Å². The second-order valence-electron chi connectivity index (χ2n) is 11.4. The van der Waals surface area contributed by atoms with Crippen molar-refractivity contribution in [2.45, 2.75) is 70.3 Å². The van der Waals surface area contributed by atoms with E-state index in [-0.39, 0.29) is 17.7 Å². The molecule has 5 heteroatoms. The van der Waals surface area contributed by atoms with E-state index in [1.54, 1.807) is 6.92 Å². The van der Waals surface area contributed by atoms with Crippen LogP contribution in [0.25, 0.3) is 0 Å². The monoisotopic (exact) mass is 475 g/mol. The number of ether oxygens (including phenoxy) is 1. The van der Waals surface area contributed by atoms with E-state index in [1.165, 1.54) is 23.6 Å². The molecule has 5 rings (SSSR count). The minimum atomic E-state index is -1.06. The molecule has 3 aliphatic carbocycles. The summed E-state index contributed by atoms with van der Waals surface area (Å²) < 4.78 is 6.00. The van der Waals surface area contributed by atoms with Gasteiger partial charge in [0, 0.05) is 32.1 Å². The molecule has 6 atom stereocenters. The SMILES string of the molecule is CC(=O)O[C@]1(C(C)=O)CC[C@H]2[C@@H]3CCc4cc(O)ccc4[C@H]3[C@@H](c3ccc(N(C)C)cc3)C[C@@]21C. The third-order valence-electron chi connectivity index (χ3n) is 9.56. The Hall–Kier alpha value is -2.82. The Bertz CT molecular complexity index is 1160. The predicted molar refractivity (Wildman–Crippen MR) is 137 cm³/mol. The van der Waals surface area contributed by atoms with Crippen LogP contribution in [0.2, 0.25) is 0 Å². The second-order valence-corrected chi connectivity index (χ2v) is 11.4. The predicted octanol–water partition coefficient (Wildman–Crippen LogP) is 5.60. The number of benzene rings is 2. The van der Waals surface area contributed by atoms with E-state index < -0.39 is 11.0 Å². The largest absolute Gasteiger partial charge is 0.508 e. The van der Waals surface area contributed by atoms with Gasteiger partial charge in [-0.2, -0.15) is 0 Å². The molecule has 186 valence electrons. The van der Waals surface area contributed by atoms with Crippen molar-refractivity contribution >= 4 is 17.4 Å². The highest BCUT2D eigenvalue weighted by molar-refractivity contribution is 5.89. The molecule has 2 aromatic rings. The zero-order valence-electron chi connectivity index (χ0n) is 21.5. The van der Waals surface area contributed by atoms with Gasteiger partial charge < -0.3 is 14.7 Å². The summed E-state index contributed by atoms with van der Waals surface area (Å²) in [5.41, 5.74) is 3.49. The summed E-state index contributed by atoms with van der Waals surface area (Å²) >= 11 is 0. The second kappa shape index (κ2) is 8.39. The minimum Gasteiger partial charge on any atom is -0.508 e. The van der Waals surface area contributed by atoms with E-state index in [1.807, 2.05) is 26.2 Å². The molecule has 3 aliphatic rings. The molecule has 0 heterocycles. The molecule has 0 aromatic heterocycles. The van der Waals surface area contributed by atoms with Gasteiger partial charge in [-0.05, 0) is 104 Å². The fourth-order valence-electron chi connectivity index (χ4n) is 8.09. The van der Waals surface area contributed by atoms with Gasteiger partial charge in [-0.1, -0.05) is 25.1 Å². The normalized spacial score (nSPS) is 33.3. The molecule has 0 spiro atoms. The highest BCUT2D eigenvalue weighted by Crippen LogP contribution is 2.68. The number of rotatable bonds is 4. The van der Waals surface area contributed by atoms with Crippen molar-refractivity contribution in [2.24, 2.45) is 17.3 Å². The summed E-state index contributed by atoms with van der Waals surface area (Å²) in [6, 6.07) is 14.6. The number of ketones is 1. The quantitative estimate of drug-likeness (QED) is 0.583. The van der Waals surface area contributed by atoms with Gasteiger partial charge in [-0.25, -0.2) is 0 Å². The molecule has 35 heavy (non-hydrogen) atoms. The molecule has 0 saturated heterocycles. The third kappa shape index (κ3) is 3.57. The summed E-state index contributed by atoms with van der Waals surface area (Å²) in [7, 11) is 4.08. The molecule has 0 amide bonds. The number of aromatic hydroxyl groups is 1. The van der Waals surface area contributed by atoms with Crippen LogP contribution in [-0.2, 0) is 20.7 Å². The molecule has 0 bridgehead atoms. The van der Waals surface area contributed by atoms with Crippen molar-refractivity contribution in [3.8, 4) is 5.75 Å². The number of aryl methyl sites for hydroxylation is 1. The number of fused-ring (bicyclic) bond motifs is 5. The lowest BCUT2D eigenvalue weighted by molar-refractivity contribution is -0.184. The molecule has 1 N–H and O–H groups in total. The summed E-state index contributed by atoms with van der Waals surface area (Å²) in [4.78, 5) is 27.6. The van der Waals surface area contributed by atoms with Crippen LogP contribution < -0.4 is 4.90 Å². The molecule has 2 fully saturated rings. The Morgan fingerprint density at radius 3 is 2.40 bits per heavy atom. The van der Waals surface area contributed by atoms with Gasteiger partial charge in [0.15, 0.2) is 11.4 Å². The van der Waals surface area contributed by atoms with Crippen LogP contribution in [0, 0.1) is 17.3 Å². The van der Waals surface area contributed by atoms with Crippen molar-refractivity contribution in [3.63, 3.8) is 0 Å². The number of hydrogen-bond donors (Lipinski definition) is 1. The zero-order chi connectivity index (χ0) is 25.1. The van der Waals surface area contributed by atoms with Crippen molar-refractivity contribution < 1.29 is 19.4 Å². The van der Waals surface area contributed by atoms with Crippen LogP contribution in [-0.4, -0.2) is 36.6 Å². The van der Waals surface area contributed by atoms with E-state index in [4.69, 9.17) is 4.74 Å². The fraction of sp³-hybridized carbons (Fsp3) is 0.533. The van der Waals surface area contributed by atoms with Gasteiger partial charge >= 0.3 is 5.97 Å². The Kier molecular flexibility index (Phi) is 5.73. The van der Waals surface area contributed by atoms with Gasteiger partial charge in [0.25, 0.3) is 0 Å². The number of Topliss-reactive ketones (excluding diaryl/α,β-unsaturated/α-hetero) is 1. The first-order chi connectivity index (χ1) is 16.6. The first-order valence-electron chi connectivity index (χ1n) is 12.9. The molecular formula is C30H37NO4. The number of phenols is 1. The van der Waals surface area contributed by atoms with Gasteiger partial charge in [0.1, 0.15) is 5.75 Å². The maximum absolute atomic E-state index is 13.2. The van der Waals surface area contributed by atoms with Gasteiger partial charge in [0.2, 0.25) is 0 Å². The number of carbonyl (C=O) groups is 2. The van der Waals surface area contributed by atoms with E-state index in [2.05, 4.69) is 42.2 Å². The third-order valence-corrected chi connectivity index (χ3v) is 9.56. The summed E-state index contributed by atoms with van der Waals surface area (Å²) in [5.74, 6) is 1.10. The average Bonchev–Trinajstić information content (AvgIpc) is 3.10. The van der Waals surface area contributed by atoms with E-state index in [0.29, 0.717) is 29.9 Å². The first-order valence-corrected chi connectivity index (χ1v) is 12.9. The van der Waals surface area contributed by atoms with Crippen molar-refractivity contribution in [1.82, 2.24) is 0 Å². The van der Waals surface area contributed by atoms with Crippen LogP contribution in [0.5, 0.6) is 5.75 Å². The molecular weight excluding hydrogens is 438 g/mol. The summed E-state index contributed by atoms with van der Waals surface area (Å²) in [5, 5.41) is 10.2. The number of carbonyl (C=O) groups excluding carboxylic acids is 2. The van der Waals surface area contributed by atoms with Crippen molar-refractivity contribution in [3.05, 3.63) is 59.2 Å². The zero-order valence-corrected chi connectivity index (χ0v) is 21.5. The maximum atomic E-state index is 13.2. The summed E-state index contributed by atoms with van der Waals surface area (Å²) in [6.45, 7) is 5.23. The number of nitrogens with zero attached hydrogens (tertiary/aromatic N) is 1. The Labute approximate surface area is 208 Å². The molecule has 5 nitrogen and oxygen atoms in total. The van der Waals surface area contributed by atoms with Crippen LogP contribution >= 0.6 is 0 Å². The maximum Gasteiger partial charge on any atom is 0.303 e. The molecule has 0 radical (unpaired) electrons. The van der Waals surface area contributed by atoms with Crippen molar-refractivity contribution in [1.29, 1.82) is 0 Å². The highest BCUT2D eigenvalue weighted by atomic mass is 16.6. The number of hydrogen-bond acceptors (Lipinski definition) is 5. The molecule has 0 aliphatic heterocycles. The Morgan fingerprint density at radius 2 is 1.77 bits per heavy atom. The van der Waals surface area contributed by atoms with E-state index in [9.17, 15) is 14.7 Å². The molecule has 2 saturated carbocycles. The number of esters is 1. The first kappa shape index (κ1) is 23.9. The van der Waals surface area contributed by atoms with Gasteiger partial charge in [0.05, 0.1) is 0 Å². The van der Waals surface area contributed by atoms with Gasteiger partial charge in [-0.15, -0.1) is 0 Å². The van der Waals surface area contributed by atoms with Crippen LogP contribution in [0.4, 0.5) is 5.69 Å². The highest BCUT2D eigenvalue weighted by Gasteiger charge is 2.68. The molecule has 2 aromatic carbocycles. The van der Waals surface area contributed by atoms with Crippen LogP contribution in [0.1, 0.15) is 75.0 Å². The lowest BCUT2D eigenvalue weighted by atomic mass is 9.48.